The Morgan fingerprint density at radius 2 is 1.97 bits per heavy atom. The van der Waals surface area contributed by atoms with Crippen LogP contribution in [-0.4, -0.2) is 66.5 Å². The van der Waals surface area contributed by atoms with Gasteiger partial charge in [-0.2, -0.15) is 4.98 Å². The summed E-state index contributed by atoms with van der Waals surface area (Å²) in [6.45, 7) is 5.20. The Hall–Kier alpha value is -2.58. The van der Waals surface area contributed by atoms with Gasteiger partial charge in [-0.05, 0) is 45.0 Å². The van der Waals surface area contributed by atoms with Crippen LogP contribution in [0.15, 0.2) is 24.3 Å². The Morgan fingerprint density at radius 3 is 2.69 bits per heavy atom. The van der Waals surface area contributed by atoms with Crippen molar-refractivity contribution in [2.45, 2.75) is 32.3 Å². The van der Waals surface area contributed by atoms with Gasteiger partial charge in [0.2, 0.25) is 5.95 Å². The van der Waals surface area contributed by atoms with Gasteiger partial charge in [0, 0.05) is 43.5 Å². The number of hydrogen-bond donors (Lipinski definition) is 3. The largest absolute Gasteiger partial charge is 0.493 e. The van der Waals surface area contributed by atoms with Crippen LogP contribution in [-0.2, 0) is 0 Å². The molecule has 1 fully saturated rings. The van der Waals surface area contributed by atoms with Crippen molar-refractivity contribution in [3.63, 3.8) is 0 Å². The Balaban J connectivity index is 1.60. The van der Waals surface area contributed by atoms with E-state index >= 15 is 0 Å². The van der Waals surface area contributed by atoms with Gasteiger partial charge in [-0.15, -0.1) is 0 Å². The standard InChI is InChI=1S/C21H31N5O3/c1-15-12-20(22-2)25-21(23-15)24-16-6-7-18(28-3)19(13-16)29-11-8-17(27)14-26-9-4-5-10-26/h6-7,12-13,17,27H,4-5,8-11,14H2,1-3H3,(H2,22,23,24,25)/t17-/m1/s1. The van der Waals surface area contributed by atoms with Crippen LogP contribution in [0.25, 0.3) is 0 Å². The maximum atomic E-state index is 10.3. The summed E-state index contributed by atoms with van der Waals surface area (Å²) in [6.07, 6.45) is 2.63. The molecule has 2 aromatic rings. The van der Waals surface area contributed by atoms with E-state index in [1.165, 1.54) is 12.8 Å². The number of methoxy groups -OCH3 is 1. The molecule has 3 rings (SSSR count). The third-order valence-corrected chi connectivity index (χ3v) is 4.91. The first-order valence-corrected chi connectivity index (χ1v) is 10.1. The molecule has 0 saturated carbocycles. The molecule has 2 heterocycles. The first-order chi connectivity index (χ1) is 14.1. The average Bonchev–Trinajstić information content (AvgIpc) is 3.20. The highest BCUT2D eigenvalue weighted by atomic mass is 16.5. The van der Waals surface area contributed by atoms with Crippen LogP contribution in [0.4, 0.5) is 17.5 Å². The molecule has 1 aromatic carbocycles. The number of likely N-dealkylation sites (tertiary alicyclic amines) is 1. The topological polar surface area (TPSA) is 91.8 Å². The van der Waals surface area contributed by atoms with Crippen molar-refractivity contribution in [1.29, 1.82) is 0 Å². The van der Waals surface area contributed by atoms with Gasteiger partial charge >= 0.3 is 0 Å². The zero-order chi connectivity index (χ0) is 20.6. The second-order valence-corrected chi connectivity index (χ2v) is 7.26. The molecule has 0 spiro atoms. The molecular weight excluding hydrogens is 370 g/mol. The number of aliphatic hydroxyl groups is 1. The van der Waals surface area contributed by atoms with Crippen LogP contribution in [0.3, 0.4) is 0 Å². The number of anilines is 3. The summed E-state index contributed by atoms with van der Waals surface area (Å²) in [6, 6.07) is 7.46. The molecular formula is C21H31N5O3. The molecule has 0 bridgehead atoms. The smallest absolute Gasteiger partial charge is 0.229 e. The third kappa shape index (κ3) is 6.20. The number of benzene rings is 1. The molecule has 158 valence electrons. The highest BCUT2D eigenvalue weighted by molar-refractivity contribution is 5.60. The lowest BCUT2D eigenvalue weighted by Crippen LogP contribution is -2.31. The molecule has 0 aliphatic carbocycles. The summed E-state index contributed by atoms with van der Waals surface area (Å²) in [4.78, 5) is 11.1. The Kier molecular flexibility index (Phi) is 7.48. The van der Waals surface area contributed by atoms with Crippen LogP contribution < -0.4 is 20.1 Å². The minimum absolute atomic E-state index is 0.388. The summed E-state index contributed by atoms with van der Waals surface area (Å²) in [5, 5.41) is 16.5. The van der Waals surface area contributed by atoms with Crippen LogP contribution >= 0.6 is 0 Å². The molecule has 1 aliphatic rings. The lowest BCUT2D eigenvalue weighted by atomic mass is 10.2. The monoisotopic (exact) mass is 401 g/mol. The Labute approximate surface area is 172 Å². The van der Waals surface area contributed by atoms with E-state index in [9.17, 15) is 5.11 Å². The van der Waals surface area contributed by atoms with Crippen LogP contribution in [0.2, 0.25) is 0 Å². The summed E-state index contributed by atoms with van der Waals surface area (Å²) in [5.41, 5.74) is 1.66. The summed E-state index contributed by atoms with van der Waals surface area (Å²) >= 11 is 0. The number of ether oxygens (including phenoxy) is 2. The number of aliphatic hydroxyl groups excluding tert-OH is 1. The number of rotatable bonds is 10. The molecule has 29 heavy (non-hydrogen) atoms. The van der Waals surface area contributed by atoms with Gasteiger partial charge in [0.25, 0.3) is 0 Å². The lowest BCUT2D eigenvalue weighted by molar-refractivity contribution is 0.100. The molecule has 1 atom stereocenters. The van der Waals surface area contributed by atoms with Gasteiger partial charge in [0.1, 0.15) is 5.82 Å². The quantitative estimate of drug-likeness (QED) is 0.560. The van der Waals surface area contributed by atoms with E-state index in [2.05, 4.69) is 25.5 Å². The SMILES string of the molecule is CNc1cc(C)nc(Nc2ccc(OC)c(OCC[C@@H](O)CN3CCCC3)c2)n1. The van der Waals surface area contributed by atoms with Crippen molar-refractivity contribution in [2.24, 2.45) is 0 Å². The van der Waals surface area contributed by atoms with Gasteiger partial charge in [0.15, 0.2) is 11.5 Å². The lowest BCUT2D eigenvalue weighted by Gasteiger charge is -2.19. The van der Waals surface area contributed by atoms with Crippen molar-refractivity contribution >= 4 is 17.5 Å². The summed E-state index contributed by atoms with van der Waals surface area (Å²) in [7, 11) is 3.43. The van der Waals surface area contributed by atoms with Crippen LogP contribution in [0.1, 0.15) is 25.0 Å². The number of hydrogen-bond acceptors (Lipinski definition) is 8. The molecule has 1 aromatic heterocycles. The predicted octanol–water partition coefficient (Wildman–Crippen LogP) is 2.80. The van der Waals surface area contributed by atoms with E-state index in [1.54, 1.807) is 7.11 Å². The number of aromatic nitrogens is 2. The zero-order valence-electron chi connectivity index (χ0n) is 17.4. The van der Waals surface area contributed by atoms with Gasteiger partial charge < -0.3 is 30.1 Å². The number of nitrogens with one attached hydrogen (secondary N) is 2. The van der Waals surface area contributed by atoms with Crippen molar-refractivity contribution in [3.05, 3.63) is 30.0 Å². The Bertz CT molecular complexity index is 796. The third-order valence-electron chi connectivity index (χ3n) is 4.91. The van der Waals surface area contributed by atoms with E-state index in [0.29, 0.717) is 37.0 Å². The Morgan fingerprint density at radius 1 is 1.17 bits per heavy atom. The molecule has 8 heteroatoms. The summed E-state index contributed by atoms with van der Waals surface area (Å²) in [5.74, 6) is 2.52. The minimum atomic E-state index is -0.388. The van der Waals surface area contributed by atoms with Crippen molar-refractivity contribution in [2.75, 3.05) is 51.0 Å². The molecule has 0 unspecified atom stereocenters. The molecule has 8 nitrogen and oxygen atoms in total. The van der Waals surface area contributed by atoms with E-state index < -0.39 is 0 Å². The summed E-state index contributed by atoms with van der Waals surface area (Å²) < 4.78 is 11.3. The van der Waals surface area contributed by atoms with Crippen LogP contribution in [0.5, 0.6) is 11.5 Å². The fourth-order valence-corrected chi connectivity index (χ4v) is 3.41. The second kappa shape index (κ2) is 10.3. The van der Waals surface area contributed by atoms with E-state index in [4.69, 9.17) is 9.47 Å². The van der Waals surface area contributed by atoms with Crippen LogP contribution in [0, 0.1) is 6.92 Å². The van der Waals surface area contributed by atoms with Gasteiger partial charge in [-0.25, -0.2) is 4.98 Å². The molecule has 0 amide bonds. The highest BCUT2D eigenvalue weighted by Crippen LogP contribution is 2.31. The van der Waals surface area contributed by atoms with Crippen molar-refractivity contribution in [3.8, 4) is 11.5 Å². The van der Waals surface area contributed by atoms with Crippen molar-refractivity contribution < 1.29 is 14.6 Å². The normalized spacial score (nSPS) is 15.2. The predicted molar refractivity (Wildman–Crippen MR) is 114 cm³/mol. The maximum Gasteiger partial charge on any atom is 0.229 e. The minimum Gasteiger partial charge on any atom is -0.493 e. The number of nitrogens with zero attached hydrogens (tertiary/aromatic N) is 3. The highest BCUT2D eigenvalue weighted by Gasteiger charge is 2.16. The second-order valence-electron chi connectivity index (χ2n) is 7.26. The van der Waals surface area contributed by atoms with Crippen molar-refractivity contribution in [1.82, 2.24) is 14.9 Å². The average molecular weight is 402 g/mol. The number of aryl methyl sites for hydroxylation is 1. The van der Waals surface area contributed by atoms with E-state index in [1.807, 2.05) is 38.2 Å². The molecule has 1 aliphatic heterocycles. The fraction of sp³-hybridized carbons (Fsp3) is 0.524. The fourth-order valence-electron chi connectivity index (χ4n) is 3.41. The molecule has 0 radical (unpaired) electrons. The molecule has 1 saturated heterocycles. The van der Waals surface area contributed by atoms with Gasteiger partial charge in [0.05, 0.1) is 19.8 Å². The van der Waals surface area contributed by atoms with E-state index in [-0.39, 0.29) is 6.10 Å². The van der Waals surface area contributed by atoms with E-state index in [0.717, 1.165) is 30.3 Å². The maximum absolute atomic E-state index is 10.3. The van der Waals surface area contributed by atoms with Gasteiger partial charge in [-0.1, -0.05) is 0 Å². The van der Waals surface area contributed by atoms with Gasteiger partial charge in [-0.3, -0.25) is 0 Å². The first-order valence-electron chi connectivity index (χ1n) is 10.1. The first kappa shape index (κ1) is 21.1. The zero-order valence-corrected chi connectivity index (χ0v) is 17.4. The molecule has 3 N–H and O–H groups in total. The number of β-amino-alcohol motifs (C(OH)–C–C–N with tert-alkyl or cyclic N) is 1.